The van der Waals surface area contributed by atoms with Gasteiger partial charge in [-0.3, -0.25) is 4.79 Å². The van der Waals surface area contributed by atoms with Crippen LogP contribution in [0.15, 0.2) is 36.4 Å². The molecule has 0 aliphatic heterocycles. The van der Waals surface area contributed by atoms with E-state index < -0.39 is 6.61 Å². The second-order valence-electron chi connectivity index (χ2n) is 4.55. The second kappa shape index (κ2) is 6.67. The zero-order valence-electron chi connectivity index (χ0n) is 11.6. The second-order valence-corrected chi connectivity index (χ2v) is 5.84. The van der Waals surface area contributed by atoms with Crippen molar-refractivity contribution in [1.82, 2.24) is 5.32 Å². The Balaban J connectivity index is 1.99. The molecule has 1 aromatic heterocycles. The largest absolute Gasteiger partial charge is 0.435 e. The molecule has 0 saturated heterocycles. The number of carbonyl (C=O) groups excluding carboxylic acids is 1. The number of carbonyl (C=O) groups is 1. The summed E-state index contributed by atoms with van der Waals surface area (Å²) in [4.78, 5) is 13.8. The van der Waals surface area contributed by atoms with E-state index >= 15 is 0 Å². The van der Waals surface area contributed by atoms with Gasteiger partial charge in [0.05, 0.1) is 10.9 Å². The number of ether oxygens (including phenoxy) is 1. The molecule has 1 aromatic carbocycles. The van der Waals surface area contributed by atoms with Crippen LogP contribution in [0.4, 0.5) is 8.78 Å². The summed E-state index contributed by atoms with van der Waals surface area (Å²) in [6.45, 7) is 0.934. The standard InChI is InChI=1S/C15H15F2NO2S/c1-9-3-8-13(21-9)14(19)18-10(2)11-4-6-12(7-5-11)20-15(16)17/h3-8,10,15H,1-2H3,(H,18,19). The molecule has 112 valence electrons. The molecular weight excluding hydrogens is 296 g/mol. The first kappa shape index (κ1) is 15.4. The van der Waals surface area contributed by atoms with Crippen molar-refractivity contribution in [3.63, 3.8) is 0 Å². The molecule has 0 aliphatic carbocycles. The molecule has 2 aromatic rings. The lowest BCUT2D eigenvalue weighted by atomic mass is 10.1. The first-order valence-electron chi connectivity index (χ1n) is 6.38. The average Bonchev–Trinajstić information content (AvgIpc) is 2.85. The van der Waals surface area contributed by atoms with Gasteiger partial charge in [0.25, 0.3) is 5.91 Å². The molecule has 6 heteroatoms. The summed E-state index contributed by atoms with van der Waals surface area (Å²) in [5, 5.41) is 2.87. The third-order valence-corrected chi connectivity index (χ3v) is 3.92. The minimum atomic E-state index is -2.84. The van der Waals surface area contributed by atoms with Gasteiger partial charge in [-0.05, 0) is 43.7 Å². The normalized spacial score (nSPS) is 12.2. The van der Waals surface area contributed by atoms with Crippen molar-refractivity contribution in [3.8, 4) is 5.75 Å². The maximum Gasteiger partial charge on any atom is 0.387 e. The van der Waals surface area contributed by atoms with Gasteiger partial charge in [0.15, 0.2) is 0 Å². The topological polar surface area (TPSA) is 38.3 Å². The summed E-state index contributed by atoms with van der Waals surface area (Å²) in [7, 11) is 0. The van der Waals surface area contributed by atoms with Crippen LogP contribution in [0.2, 0.25) is 0 Å². The van der Waals surface area contributed by atoms with E-state index in [1.54, 1.807) is 18.2 Å². The predicted octanol–water partition coefficient (Wildman–Crippen LogP) is 4.15. The van der Waals surface area contributed by atoms with Crippen molar-refractivity contribution in [2.45, 2.75) is 26.5 Å². The molecule has 2 rings (SSSR count). The molecule has 0 radical (unpaired) electrons. The van der Waals surface area contributed by atoms with Gasteiger partial charge >= 0.3 is 6.61 Å². The van der Waals surface area contributed by atoms with E-state index in [2.05, 4.69) is 10.1 Å². The van der Waals surface area contributed by atoms with Crippen molar-refractivity contribution in [3.05, 3.63) is 51.7 Å². The summed E-state index contributed by atoms with van der Waals surface area (Å²) < 4.78 is 28.4. The number of halogens is 2. The lowest BCUT2D eigenvalue weighted by Gasteiger charge is -2.14. The van der Waals surface area contributed by atoms with Crippen LogP contribution in [-0.4, -0.2) is 12.5 Å². The van der Waals surface area contributed by atoms with E-state index in [1.807, 2.05) is 19.9 Å². The Morgan fingerprint density at radius 2 is 1.86 bits per heavy atom. The molecular formula is C15H15F2NO2S. The molecule has 0 aliphatic rings. The molecule has 0 fully saturated rings. The first-order valence-corrected chi connectivity index (χ1v) is 7.19. The number of rotatable bonds is 5. The van der Waals surface area contributed by atoms with Gasteiger partial charge in [-0.25, -0.2) is 0 Å². The fourth-order valence-electron chi connectivity index (χ4n) is 1.85. The lowest BCUT2D eigenvalue weighted by molar-refractivity contribution is -0.0498. The van der Waals surface area contributed by atoms with Gasteiger partial charge in [0.2, 0.25) is 0 Å². The third-order valence-electron chi connectivity index (χ3n) is 2.92. The van der Waals surface area contributed by atoms with Crippen LogP contribution < -0.4 is 10.1 Å². The predicted molar refractivity (Wildman–Crippen MR) is 78.0 cm³/mol. The number of nitrogens with one attached hydrogen (secondary N) is 1. The Kier molecular flexibility index (Phi) is 4.90. The Bertz CT molecular complexity index is 610. The van der Waals surface area contributed by atoms with E-state index in [4.69, 9.17) is 0 Å². The van der Waals surface area contributed by atoms with Crippen LogP contribution >= 0.6 is 11.3 Å². The van der Waals surface area contributed by atoms with Crippen LogP contribution in [0.3, 0.4) is 0 Å². The number of alkyl halides is 2. The highest BCUT2D eigenvalue weighted by atomic mass is 32.1. The summed E-state index contributed by atoms with van der Waals surface area (Å²) in [6, 6.07) is 9.67. The van der Waals surface area contributed by atoms with Crippen LogP contribution in [0.1, 0.15) is 33.1 Å². The van der Waals surface area contributed by atoms with Gasteiger partial charge in [0.1, 0.15) is 5.75 Å². The first-order chi connectivity index (χ1) is 9.95. The minimum Gasteiger partial charge on any atom is -0.435 e. The number of thiophene rings is 1. The zero-order valence-corrected chi connectivity index (χ0v) is 12.4. The van der Waals surface area contributed by atoms with Crippen molar-refractivity contribution in [2.24, 2.45) is 0 Å². The van der Waals surface area contributed by atoms with Crippen molar-refractivity contribution in [2.75, 3.05) is 0 Å². The van der Waals surface area contributed by atoms with Crippen molar-refractivity contribution < 1.29 is 18.3 Å². The van der Waals surface area contributed by atoms with E-state index in [9.17, 15) is 13.6 Å². The Morgan fingerprint density at radius 1 is 1.19 bits per heavy atom. The van der Waals surface area contributed by atoms with E-state index in [-0.39, 0.29) is 17.7 Å². The monoisotopic (exact) mass is 311 g/mol. The summed E-state index contributed by atoms with van der Waals surface area (Å²) in [5.41, 5.74) is 0.818. The molecule has 0 saturated carbocycles. The lowest BCUT2D eigenvalue weighted by Crippen LogP contribution is -2.25. The smallest absolute Gasteiger partial charge is 0.387 e. The Hall–Kier alpha value is -1.95. The highest BCUT2D eigenvalue weighted by Crippen LogP contribution is 2.20. The van der Waals surface area contributed by atoms with Crippen LogP contribution in [0, 0.1) is 6.92 Å². The highest BCUT2D eigenvalue weighted by molar-refractivity contribution is 7.13. The van der Waals surface area contributed by atoms with Crippen LogP contribution in [0.25, 0.3) is 0 Å². The maximum absolute atomic E-state index is 12.1. The van der Waals surface area contributed by atoms with Gasteiger partial charge in [-0.2, -0.15) is 8.78 Å². The number of amides is 1. The number of benzene rings is 1. The van der Waals surface area contributed by atoms with Gasteiger partial charge in [0, 0.05) is 4.88 Å². The van der Waals surface area contributed by atoms with Crippen LogP contribution in [-0.2, 0) is 0 Å². The molecule has 0 bridgehead atoms. The molecule has 1 amide bonds. The summed E-state index contributed by atoms with van der Waals surface area (Å²) >= 11 is 1.43. The van der Waals surface area contributed by atoms with Gasteiger partial charge < -0.3 is 10.1 Å². The third kappa shape index (κ3) is 4.26. The Morgan fingerprint density at radius 3 is 2.38 bits per heavy atom. The molecule has 1 unspecified atom stereocenters. The summed E-state index contributed by atoms with van der Waals surface area (Å²) in [6.07, 6.45) is 0. The number of hydrogen-bond donors (Lipinski definition) is 1. The average molecular weight is 311 g/mol. The molecule has 1 N–H and O–H groups in total. The highest BCUT2D eigenvalue weighted by Gasteiger charge is 2.13. The zero-order chi connectivity index (χ0) is 15.4. The van der Waals surface area contributed by atoms with E-state index in [0.29, 0.717) is 4.88 Å². The number of aryl methyl sites for hydroxylation is 1. The van der Waals surface area contributed by atoms with Gasteiger partial charge in [-0.15, -0.1) is 11.3 Å². The van der Waals surface area contributed by atoms with Crippen molar-refractivity contribution in [1.29, 1.82) is 0 Å². The fraction of sp³-hybridized carbons (Fsp3) is 0.267. The molecule has 21 heavy (non-hydrogen) atoms. The maximum atomic E-state index is 12.1. The minimum absolute atomic E-state index is 0.0983. The van der Waals surface area contributed by atoms with E-state index in [0.717, 1.165) is 10.4 Å². The quantitative estimate of drug-likeness (QED) is 0.901. The van der Waals surface area contributed by atoms with Crippen LogP contribution in [0.5, 0.6) is 5.75 Å². The van der Waals surface area contributed by atoms with Gasteiger partial charge in [-0.1, -0.05) is 12.1 Å². The van der Waals surface area contributed by atoms with Crippen molar-refractivity contribution >= 4 is 17.2 Å². The fourth-order valence-corrected chi connectivity index (χ4v) is 2.62. The summed E-state index contributed by atoms with van der Waals surface area (Å²) in [5.74, 6) is -0.0466. The SMILES string of the molecule is Cc1ccc(C(=O)NC(C)c2ccc(OC(F)F)cc2)s1. The number of hydrogen-bond acceptors (Lipinski definition) is 3. The molecule has 3 nitrogen and oxygen atoms in total. The molecule has 1 heterocycles. The van der Waals surface area contributed by atoms with E-state index in [1.165, 1.54) is 23.5 Å². The Labute approximate surface area is 125 Å². The molecule has 0 spiro atoms. The molecule has 1 atom stereocenters.